The minimum Gasteiger partial charge on any atom is -0.368 e. The van der Waals surface area contributed by atoms with Crippen molar-refractivity contribution in [2.45, 2.75) is 12.8 Å². The van der Waals surface area contributed by atoms with Crippen LogP contribution in [0.25, 0.3) is 0 Å². The number of anilines is 2. The molecule has 6 nitrogen and oxygen atoms in total. The Bertz CT molecular complexity index is 857. The average Bonchev–Trinajstić information content (AvgIpc) is 3.06. The van der Waals surface area contributed by atoms with Crippen molar-refractivity contribution in [3.63, 3.8) is 0 Å². The molecule has 2 aliphatic rings. The first-order valence-corrected chi connectivity index (χ1v) is 9.18. The van der Waals surface area contributed by atoms with E-state index >= 15 is 0 Å². The molecule has 6 heteroatoms. The highest BCUT2D eigenvalue weighted by atomic mass is 16.2. The first-order chi connectivity index (χ1) is 13.1. The number of amides is 3. The van der Waals surface area contributed by atoms with Crippen LogP contribution in [0.3, 0.4) is 0 Å². The van der Waals surface area contributed by atoms with Crippen LogP contribution >= 0.6 is 0 Å². The molecule has 0 radical (unpaired) electrons. The molecule has 0 unspecified atom stereocenters. The number of hydrogen-bond acceptors (Lipinski definition) is 4. The van der Waals surface area contributed by atoms with Crippen molar-refractivity contribution in [3.8, 4) is 0 Å². The summed E-state index contributed by atoms with van der Waals surface area (Å²) < 4.78 is 0. The van der Waals surface area contributed by atoms with E-state index in [1.807, 2.05) is 23.1 Å². The van der Waals surface area contributed by atoms with Crippen LogP contribution in [0.5, 0.6) is 0 Å². The zero-order valence-electron chi connectivity index (χ0n) is 15.0. The molecule has 0 N–H and O–H groups in total. The summed E-state index contributed by atoms with van der Waals surface area (Å²) in [6.45, 7) is 2.83. The average molecular weight is 363 g/mol. The second-order valence-corrected chi connectivity index (χ2v) is 6.79. The zero-order valence-corrected chi connectivity index (χ0v) is 15.0. The van der Waals surface area contributed by atoms with Crippen LogP contribution in [-0.4, -0.2) is 48.8 Å². The molecule has 2 aromatic carbocycles. The predicted molar refractivity (Wildman–Crippen MR) is 103 cm³/mol. The standard InChI is InChI=1S/C21H21N3O3/c25-19-9-10-20(26)24(19)18-8-4-5-16(15-18)21(27)23-13-11-22(12-14-23)17-6-2-1-3-7-17/h1-8,15H,9-14H2. The number of imide groups is 1. The number of piperazine rings is 1. The third-order valence-electron chi connectivity index (χ3n) is 5.09. The Labute approximate surface area is 158 Å². The first-order valence-electron chi connectivity index (χ1n) is 9.18. The Balaban J connectivity index is 1.45. The zero-order chi connectivity index (χ0) is 18.8. The maximum absolute atomic E-state index is 12.9. The van der Waals surface area contributed by atoms with Crippen LogP contribution in [0.1, 0.15) is 23.2 Å². The number of carbonyl (C=O) groups excluding carboxylic acids is 3. The first kappa shape index (κ1) is 17.3. The maximum atomic E-state index is 12.9. The van der Waals surface area contributed by atoms with E-state index in [1.165, 1.54) is 4.90 Å². The highest BCUT2D eigenvalue weighted by Crippen LogP contribution is 2.24. The topological polar surface area (TPSA) is 60.9 Å². The molecule has 138 valence electrons. The van der Waals surface area contributed by atoms with Gasteiger partial charge in [-0.05, 0) is 30.3 Å². The van der Waals surface area contributed by atoms with Gasteiger partial charge in [-0.3, -0.25) is 19.3 Å². The van der Waals surface area contributed by atoms with Gasteiger partial charge in [-0.1, -0.05) is 24.3 Å². The lowest BCUT2D eigenvalue weighted by Crippen LogP contribution is -2.48. The van der Waals surface area contributed by atoms with Gasteiger partial charge in [0.25, 0.3) is 5.91 Å². The van der Waals surface area contributed by atoms with Crippen LogP contribution in [0.15, 0.2) is 54.6 Å². The number of para-hydroxylation sites is 1. The van der Waals surface area contributed by atoms with E-state index in [-0.39, 0.29) is 30.6 Å². The number of nitrogens with zero attached hydrogens (tertiary/aromatic N) is 3. The highest BCUT2D eigenvalue weighted by molar-refractivity contribution is 6.20. The third-order valence-corrected chi connectivity index (χ3v) is 5.09. The van der Waals surface area contributed by atoms with Gasteiger partial charge < -0.3 is 9.80 Å². The van der Waals surface area contributed by atoms with Gasteiger partial charge in [0.15, 0.2) is 0 Å². The monoisotopic (exact) mass is 363 g/mol. The van der Waals surface area contributed by atoms with Gasteiger partial charge in [-0.15, -0.1) is 0 Å². The van der Waals surface area contributed by atoms with E-state index < -0.39 is 0 Å². The molecule has 27 heavy (non-hydrogen) atoms. The molecule has 2 saturated heterocycles. The highest BCUT2D eigenvalue weighted by Gasteiger charge is 2.31. The van der Waals surface area contributed by atoms with Crippen molar-refractivity contribution < 1.29 is 14.4 Å². The van der Waals surface area contributed by atoms with Gasteiger partial charge in [0, 0.05) is 50.3 Å². The van der Waals surface area contributed by atoms with Gasteiger partial charge in [-0.25, -0.2) is 0 Å². The number of carbonyl (C=O) groups is 3. The Morgan fingerprint density at radius 2 is 1.37 bits per heavy atom. The van der Waals surface area contributed by atoms with Crippen LogP contribution in [0, 0.1) is 0 Å². The van der Waals surface area contributed by atoms with Crippen molar-refractivity contribution in [3.05, 3.63) is 60.2 Å². The van der Waals surface area contributed by atoms with Gasteiger partial charge in [-0.2, -0.15) is 0 Å². The third kappa shape index (κ3) is 3.43. The van der Waals surface area contributed by atoms with Crippen molar-refractivity contribution in [1.29, 1.82) is 0 Å². The fourth-order valence-electron chi connectivity index (χ4n) is 3.63. The summed E-state index contributed by atoms with van der Waals surface area (Å²) in [4.78, 5) is 42.1. The molecule has 2 aromatic rings. The van der Waals surface area contributed by atoms with E-state index in [0.717, 1.165) is 18.8 Å². The molecule has 0 atom stereocenters. The second kappa shape index (κ2) is 7.23. The normalized spacial score (nSPS) is 17.6. The van der Waals surface area contributed by atoms with Crippen LogP contribution in [-0.2, 0) is 9.59 Å². The molecule has 0 spiro atoms. The van der Waals surface area contributed by atoms with Crippen molar-refractivity contribution >= 4 is 29.1 Å². The Hall–Kier alpha value is -3.15. The van der Waals surface area contributed by atoms with Crippen molar-refractivity contribution in [1.82, 2.24) is 4.90 Å². The van der Waals surface area contributed by atoms with Crippen LogP contribution in [0.4, 0.5) is 11.4 Å². The summed E-state index contributed by atoms with van der Waals surface area (Å²) in [6.07, 6.45) is 0.469. The quantitative estimate of drug-likeness (QED) is 0.785. The fourth-order valence-corrected chi connectivity index (χ4v) is 3.63. The van der Waals surface area contributed by atoms with Gasteiger partial charge in [0.1, 0.15) is 0 Å². The number of rotatable bonds is 3. The maximum Gasteiger partial charge on any atom is 0.254 e. The Kier molecular flexibility index (Phi) is 4.62. The molecule has 2 heterocycles. The van der Waals surface area contributed by atoms with Crippen molar-refractivity contribution in [2.75, 3.05) is 36.0 Å². The smallest absolute Gasteiger partial charge is 0.254 e. The van der Waals surface area contributed by atoms with Crippen LogP contribution < -0.4 is 9.80 Å². The predicted octanol–water partition coefficient (Wildman–Crippen LogP) is 2.30. The largest absolute Gasteiger partial charge is 0.368 e. The lowest BCUT2D eigenvalue weighted by Gasteiger charge is -2.36. The van der Waals surface area contributed by atoms with Gasteiger partial charge in [0.05, 0.1) is 5.69 Å². The summed E-state index contributed by atoms with van der Waals surface area (Å²) in [6, 6.07) is 17.0. The molecule has 0 aliphatic carbocycles. The number of benzene rings is 2. The molecule has 3 amide bonds. The number of hydrogen-bond donors (Lipinski definition) is 0. The minimum absolute atomic E-state index is 0.0661. The molecule has 2 fully saturated rings. The summed E-state index contributed by atoms with van der Waals surface area (Å²) in [5, 5.41) is 0. The lowest BCUT2D eigenvalue weighted by molar-refractivity contribution is -0.121. The Morgan fingerprint density at radius 1 is 0.741 bits per heavy atom. The molecule has 0 aromatic heterocycles. The van der Waals surface area contributed by atoms with Gasteiger partial charge in [0.2, 0.25) is 11.8 Å². The van der Waals surface area contributed by atoms with E-state index in [0.29, 0.717) is 24.3 Å². The van der Waals surface area contributed by atoms with E-state index in [4.69, 9.17) is 0 Å². The Morgan fingerprint density at radius 3 is 2.04 bits per heavy atom. The summed E-state index contributed by atoms with van der Waals surface area (Å²) in [7, 11) is 0. The minimum atomic E-state index is -0.207. The molecule has 4 rings (SSSR count). The van der Waals surface area contributed by atoms with E-state index in [2.05, 4.69) is 17.0 Å². The molecule has 0 bridgehead atoms. The summed E-state index contributed by atoms with van der Waals surface area (Å²) in [5.74, 6) is -0.481. The molecular formula is C21H21N3O3. The summed E-state index contributed by atoms with van der Waals surface area (Å²) >= 11 is 0. The van der Waals surface area contributed by atoms with E-state index in [9.17, 15) is 14.4 Å². The molecular weight excluding hydrogens is 342 g/mol. The summed E-state index contributed by atoms with van der Waals surface area (Å²) in [5.41, 5.74) is 2.15. The van der Waals surface area contributed by atoms with E-state index in [1.54, 1.807) is 24.3 Å². The fraction of sp³-hybridized carbons (Fsp3) is 0.286. The van der Waals surface area contributed by atoms with Gasteiger partial charge >= 0.3 is 0 Å². The molecule has 2 aliphatic heterocycles. The molecule has 0 saturated carbocycles. The lowest BCUT2D eigenvalue weighted by atomic mass is 10.1. The second-order valence-electron chi connectivity index (χ2n) is 6.79. The van der Waals surface area contributed by atoms with Crippen LogP contribution in [0.2, 0.25) is 0 Å². The van der Waals surface area contributed by atoms with Crippen molar-refractivity contribution in [2.24, 2.45) is 0 Å². The SMILES string of the molecule is O=C(c1cccc(N2C(=O)CCC2=O)c1)N1CCN(c2ccccc2)CC1.